The van der Waals surface area contributed by atoms with Gasteiger partial charge in [-0.15, -0.1) is 0 Å². The fourth-order valence-corrected chi connectivity index (χ4v) is 3.67. The monoisotopic (exact) mass is 433 g/mol. The quantitative estimate of drug-likeness (QED) is 0.345. The van der Waals surface area contributed by atoms with Crippen molar-refractivity contribution in [3.8, 4) is 0 Å². The van der Waals surface area contributed by atoms with E-state index >= 15 is 0 Å². The molecule has 7 heteroatoms. The number of rotatable bonds is 18. The predicted octanol–water partition coefficient (Wildman–Crippen LogP) is 3.48. The zero-order chi connectivity index (χ0) is 22.3. The van der Waals surface area contributed by atoms with Gasteiger partial charge < -0.3 is 24.7 Å². The molecule has 1 aromatic rings. The number of benzene rings is 1. The lowest BCUT2D eigenvalue weighted by atomic mass is 9.91. The minimum atomic E-state index is 0.288. The summed E-state index contributed by atoms with van der Waals surface area (Å²) in [5.41, 5.74) is 10.4. The third-order valence-electron chi connectivity index (χ3n) is 5.22. The molecule has 1 aromatic carbocycles. The molecular formula is C24H39N3O4. The first-order valence-corrected chi connectivity index (χ1v) is 11.6. The van der Waals surface area contributed by atoms with Crippen LogP contribution in [0, 0.1) is 5.41 Å². The fourth-order valence-electron chi connectivity index (χ4n) is 3.67. The van der Waals surface area contributed by atoms with E-state index in [1.54, 1.807) is 0 Å². The number of nitrogens with two attached hydrogens (primary N) is 1. The van der Waals surface area contributed by atoms with Gasteiger partial charge in [-0.05, 0) is 63.5 Å². The van der Waals surface area contributed by atoms with E-state index in [-0.39, 0.29) is 5.84 Å². The number of ether oxygens (including phenoxy) is 4. The minimum absolute atomic E-state index is 0.288. The van der Waals surface area contributed by atoms with Crippen molar-refractivity contribution in [2.75, 3.05) is 52.9 Å². The summed E-state index contributed by atoms with van der Waals surface area (Å²) in [5, 5.41) is 8.29. The summed E-state index contributed by atoms with van der Waals surface area (Å²) >= 11 is 0. The second-order valence-electron chi connectivity index (χ2n) is 7.51. The number of aryl methyl sites for hydroxylation is 2. The van der Waals surface area contributed by atoms with Crippen LogP contribution in [-0.2, 0) is 31.8 Å². The van der Waals surface area contributed by atoms with E-state index in [0.29, 0.717) is 32.3 Å². The minimum Gasteiger partial charge on any atom is -0.383 e. The van der Waals surface area contributed by atoms with E-state index in [9.17, 15) is 0 Å². The Balaban J connectivity index is 1.80. The van der Waals surface area contributed by atoms with Crippen molar-refractivity contribution in [3.05, 3.63) is 34.4 Å². The normalized spacial score (nSPS) is 13.0. The van der Waals surface area contributed by atoms with Gasteiger partial charge in [-0.1, -0.05) is 12.1 Å². The molecule has 3 N–H and O–H groups in total. The summed E-state index contributed by atoms with van der Waals surface area (Å²) < 4.78 is 21.7. The highest BCUT2D eigenvalue weighted by atomic mass is 16.5. The molecule has 1 aliphatic heterocycles. The molecule has 1 heterocycles. The standard InChI is InChI=1S/C24H39N3O4/c1-3-28-15-17-30-13-7-5-9-19-11-12-20(22-21(19)23(25)27-24(22)26)10-6-8-14-31-18-16-29-4-2/h11-12H,3-10,13-18H2,1-2H3,(H3,25,26,27). The fraction of sp³-hybridized carbons (Fsp3) is 0.667. The highest BCUT2D eigenvalue weighted by molar-refractivity contribution is 6.22. The third-order valence-corrected chi connectivity index (χ3v) is 5.22. The van der Waals surface area contributed by atoms with Crippen molar-refractivity contribution in [1.29, 1.82) is 5.41 Å². The van der Waals surface area contributed by atoms with E-state index in [0.717, 1.165) is 81.6 Å². The molecule has 0 amide bonds. The molecule has 0 unspecified atom stereocenters. The van der Waals surface area contributed by atoms with Crippen molar-refractivity contribution in [2.45, 2.75) is 52.4 Å². The van der Waals surface area contributed by atoms with Gasteiger partial charge in [-0.25, -0.2) is 4.99 Å². The largest absolute Gasteiger partial charge is 0.383 e. The number of fused-ring (bicyclic) bond motifs is 1. The Morgan fingerprint density at radius 2 is 1.19 bits per heavy atom. The van der Waals surface area contributed by atoms with Gasteiger partial charge in [0.25, 0.3) is 0 Å². The molecule has 1 aliphatic rings. The number of unbranched alkanes of at least 4 members (excludes halogenated alkanes) is 2. The number of hydrogen-bond acceptors (Lipinski definition) is 6. The van der Waals surface area contributed by atoms with Crippen LogP contribution in [0.15, 0.2) is 17.1 Å². The SMILES string of the molecule is CCOCCOCCCCc1ccc(CCCCOCCOCC)c2c1C(=N)N=C2N. The van der Waals surface area contributed by atoms with E-state index < -0.39 is 0 Å². The van der Waals surface area contributed by atoms with Crippen LogP contribution in [0.2, 0.25) is 0 Å². The average Bonchev–Trinajstić information content (AvgIpc) is 3.07. The molecule has 0 saturated carbocycles. The maximum Gasteiger partial charge on any atom is 0.155 e. The van der Waals surface area contributed by atoms with E-state index in [4.69, 9.17) is 30.1 Å². The van der Waals surface area contributed by atoms with E-state index in [2.05, 4.69) is 17.1 Å². The zero-order valence-corrected chi connectivity index (χ0v) is 19.2. The predicted molar refractivity (Wildman–Crippen MR) is 124 cm³/mol. The van der Waals surface area contributed by atoms with Crippen LogP contribution < -0.4 is 5.73 Å². The molecule has 0 aliphatic carbocycles. The maximum atomic E-state index is 8.29. The van der Waals surface area contributed by atoms with Crippen LogP contribution in [0.25, 0.3) is 0 Å². The molecule has 0 aromatic heterocycles. The van der Waals surface area contributed by atoms with Crippen molar-refractivity contribution >= 4 is 11.7 Å². The second kappa shape index (κ2) is 15.1. The van der Waals surface area contributed by atoms with Gasteiger partial charge in [0.2, 0.25) is 0 Å². The first-order chi connectivity index (χ1) is 15.2. The lowest BCUT2D eigenvalue weighted by Crippen LogP contribution is -2.15. The molecule has 0 fully saturated rings. The van der Waals surface area contributed by atoms with Crippen LogP contribution in [0.4, 0.5) is 0 Å². The van der Waals surface area contributed by atoms with Crippen LogP contribution in [0.3, 0.4) is 0 Å². The van der Waals surface area contributed by atoms with Crippen molar-refractivity contribution in [2.24, 2.45) is 10.7 Å². The van der Waals surface area contributed by atoms with Crippen LogP contribution in [0.5, 0.6) is 0 Å². The van der Waals surface area contributed by atoms with Gasteiger partial charge >= 0.3 is 0 Å². The smallest absolute Gasteiger partial charge is 0.155 e. The van der Waals surface area contributed by atoms with Gasteiger partial charge in [0.05, 0.1) is 26.4 Å². The van der Waals surface area contributed by atoms with Gasteiger partial charge in [-0.3, -0.25) is 5.41 Å². The van der Waals surface area contributed by atoms with E-state index in [1.165, 1.54) is 5.56 Å². The number of nitrogens with zero attached hydrogens (tertiary/aromatic N) is 1. The van der Waals surface area contributed by atoms with Crippen molar-refractivity contribution in [3.63, 3.8) is 0 Å². The van der Waals surface area contributed by atoms with Gasteiger partial charge in [0, 0.05) is 37.6 Å². The number of aliphatic imine (C=N–C) groups is 1. The summed E-state index contributed by atoms with van der Waals surface area (Å²) in [4.78, 5) is 4.25. The molecule has 0 spiro atoms. The second-order valence-corrected chi connectivity index (χ2v) is 7.51. The molecule has 174 valence electrons. The summed E-state index contributed by atoms with van der Waals surface area (Å²) in [6, 6.07) is 4.30. The van der Waals surface area contributed by atoms with Crippen LogP contribution >= 0.6 is 0 Å². The van der Waals surface area contributed by atoms with E-state index in [1.807, 2.05) is 13.8 Å². The molecule has 7 nitrogen and oxygen atoms in total. The molecule has 0 radical (unpaired) electrons. The molecule has 0 bridgehead atoms. The third kappa shape index (κ3) is 8.69. The number of hydrogen-bond donors (Lipinski definition) is 2. The Morgan fingerprint density at radius 3 is 1.71 bits per heavy atom. The molecule has 0 atom stereocenters. The van der Waals surface area contributed by atoms with Crippen molar-refractivity contribution < 1.29 is 18.9 Å². The summed E-state index contributed by atoms with van der Waals surface area (Å²) in [6.45, 7) is 9.48. The lowest BCUT2D eigenvalue weighted by Gasteiger charge is -2.13. The Labute approximate surface area is 186 Å². The Morgan fingerprint density at radius 1 is 0.710 bits per heavy atom. The first kappa shape index (κ1) is 25.5. The summed E-state index contributed by atoms with van der Waals surface area (Å²) in [7, 11) is 0. The maximum absolute atomic E-state index is 8.29. The van der Waals surface area contributed by atoms with Gasteiger partial charge in [-0.2, -0.15) is 0 Å². The summed E-state index contributed by atoms with van der Waals surface area (Å²) in [5.74, 6) is 0.764. The first-order valence-electron chi connectivity index (χ1n) is 11.6. The topological polar surface area (TPSA) is 99.1 Å². The van der Waals surface area contributed by atoms with Crippen LogP contribution in [-0.4, -0.2) is 64.5 Å². The Kier molecular flexibility index (Phi) is 12.4. The highest BCUT2D eigenvalue weighted by Crippen LogP contribution is 2.27. The van der Waals surface area contributed by atoms with Crippen LogP contribution in [0.1, 0.15) is 61.8 Å². The highest BCUT2D eigenvalue weighted by Gasteiger charge is 2.24. The molecule has 31 heavy (non-hydrogen) atoms. The molecular weight excluding hydrogens is 394 g/mol. The lowest BCUT2D eigenvalue weighted by molar-refractivity contribution is 0.0514. The average molecular weight is 434 g/mol. The Hall–Kier alpha value is -1.80. The Bertz CT molecular complexity index is 706. The van der Waals surface area contributed by atoms with Gasteiger partial charge in [0.15, 0.2) is 5.84 Å². The molecule has 0 saturated heterocycles. The van der Waals surface area contributed by atoms with Crippen molar-refractivity contribution in [1.82, 2.24) is 0 Å². The number of amidine groups is 2. The number of nitrogens with one attached hydrogen (secondary N) is 1. The zero-order valence-electron chi connectivity index (χ0n) is 19.2. The molecule has 2 rings (SSSR count). The summed E-state index contributed by atoms with van der Waals surface area (Å²) in [6.07, 6.45) is 5.80. The van der Waals surface area contributed by atoms with Gasteiger partial charge in [0.1, 0.15) is 5.84 Å².